The molecule has 1 unspecified atom stereocenters. The molecule has 1 aliphatic carbocycles. The van der Waals surface area contributed by atoms with Crippen molar-refractivity contribution in [1.82, 2.24) is 5.32 Å². The average molecular weight is 231 g/mol. The van der Waals surface area contributed by atoms with Gasteiger partial charge in [0.1, 0.15) is 0 Å². The Morgan fingerprint density at radius 3 is 2.53 bits per heavy atom. The van der Waals surface area contributed by atoms with Crippen LogP contribution in [0.15, 0.2) is 24.3 Å². The van der Waals surface area contributed by atoms with E-state index in [0.29, 0.717) is 0 Å². The highest BCUT2D eigenvalue weighted by molar-refractivity contribution is 5.33. The molecule has 2 rings (SSSR count). The Hall–Kier alpha value is -0.820. The molecule has 0 spiro atoms. The van der Waals surface area contributed by atoms with Crippen molar-refractivity contribution < 1.29 is 0 Å². The molecular weight excluding hydrogens is 206 g/mol. The largest absolute Gasteiger partial charge is 0.312 e. The lowest BCUT2D eigenvalue weighted by atomic mass is 9.98. The standard InChI is InChI=1S/C16H25N/c1-12(2)13(3)10-17-11-15-6-4-5-7-16(15)14-8-9-14/h4-7,12-14,17H,8-11H2,1-3H3. The van der Waals surface area contributed by atoms with Crippen LogP contribution in [0, 0.1) is 11.8 Å². The highest BCUT2D eigenvalue weighted by Gasteiger charge is 2.25. The van der Waals surface area contributed by atoms with Gasteiger partial charge in [-0.2, -0.15) is 0 Å². The van der Waals surface area contributed by atoms with Gasteiger partial charge in [-0.05, 0) is 48.3 Å². The Balaban J connectivity index is 1.86. The van der Waals surface area contributed by atoms with Crippen LogP contribution in [0.2, 0.25) is 0 Å². The monoisotopic (exact) mass is 231 g/mol. The van der Waals surface area contributed by atoms with E-state index in [2.05, 4.69) is 50.4 Å². The molecule has 0 bridgehead atoms. The summed E-state index contributed by atoms with van der Waals surface area (Å²) in [6, 6.07) is 8.92. The zero-order chi connectivity index (χ0) is 12.3. The molecule has 1 nitrogen and oxygen atoms in total. The smallest absolute Gasteiger partial charge is 0.0208 e. The maximum Gasteiger partial charge on any atom is 0.0208 e. The van der Waals surface area contributed by atoms with Crippen molar-refractivity contribution in [3.63, 3.8) is 0 Å². The van der Waals surface area contributed by atoms with Crippen molar-refractivity contribution in [2.24, 2.45) is 11.8 Å². The first kappa shape index (κ1) is 12.6. The molecule has 1 fully saturated rings. The van der Waals surface area contributed by atoms with Crippen molar-refractivity contribution in [1.29, 1.82) is 0 Å². The number of nitrogens with one attached hydrogen (secondary N) is 1. The van der Waals surface area contributed by atoms with E-state index >= 15 is 0 Å². The lowest BCUT2D eigenvalue weighted by molar-refractivity contribution is 0.392. The SMILES string of the molecule is CC(C)C(C)CNCc1ccccc1C1CC1. The molecule has 94 valence electrons. The highest BCUT2D eigenvalue weighted by Crippen LogP contribution is 2.41. The average Bonchev–Trinajstić information content (AvgIpc) is 3.13. The van der Waals surface area contributed by atoms with E-state index in [-0.39, 0.29) is 0 Å². The predicted molar refractivity (Wildman–Crippen MR) is 74.1 cm³/mol. The van der Waals surface area contributed by atoms with Crippen LogP contribution < -0.4 is 5.32 Å². The molecule has 1 heteroatoms. The third kappa shape index (κ3) is 3.57. The minimum atomic E-state index is 0.753. The second kappa shape index (κ2) is 5.68. The van der Waals surface area contributed by atoms with E-state index in [1.165, 1.54) is 18.4 Å². The van der Waals surface area contributed by atoms with Crippen LogP contribution in [0.3, 0.4) is 0 Å². The van der Waals surface area contributed by atoms with Crippen LogP contribution in [0.4, 0.5) is 0 Å². The Morgan fingerprint density at radius 2 is 1.88 bits per heavy atom. The molecule has 0 amide bonds. The third-order valence-corrected chi connectivity index (χ3v) is 3.99. The summed E-state index contributed by atoms with van der Waals surface area (Å²) in [5.41, 5.74) is 3.09. The molecule has 0 radical (unpaired) electrons. The first-order chi connectivity index (χ1) is 8.18. The fraction of sp³-hybridized carbons (Fsp3) is 0.625. The van der Waals surface area contributed by atoms with Gasteiger partial charge in [0.2, 0.25) is 0 Å². The van der Waals surface area contributed by atoms with E-state index in [4.69, 9.17) is 0 Å². The first-order valence-corrected chi connectivity index (χ1v) is 6.97. The number of rotatable bonds is 6. The summed E-state index contributed by atoms with van der Waals surface area (Å²) >= 11 is 0. The van der Waals surface area contributed by atoms with Gasteiger partial charge in [-0.3, -0.25) is 0 Å². The molecular formula is C16H25N. The summed E-state index contributed by atoms with van der Waals surface area (Å²) in [4.78, 5) is 0. The summed E-state index contributed by atoms with van der Waals surface area (Å²) in [5.74, 6) is 2.37. The Bertz CT molecular complexity index is 352. The van der Waals surface area contributed by atoms with E-state index in [0.717, 1.165) is 30.8 Å². The maximum atomic E-state index is 3.61. The van der Waals surface area contributed by atoms with E-state index < -0.39 is 0 Å². The summed E-state index contributed by atoms with van der Waals surface area (Å²) in [6.07, 6.45) is 2.78. The molecule has 1 N–H and O–H groups in total. The Labute approximate surface area is 106 Å². The summed E-state index contributed by atoms with van der Waals surface area (Å²) in [7, 11) is 0. The van der Waals surface area contributed by atoms with Crippen molar-refractivity contribution in [3.8, 4) is 0 Å². The van der Waals surface area contributed by atoms with E-state index in [9.17, 15) is 0 Å². The second-order valence-electron chi connectivity index (χ2n) is 5.83. The van der Waals surface area contributed by atoms with Gasteiger partial charge in [-0.25, -0.2) is 0 Å². The van der Waals surface area contributed by atoms with Gasteiger partial charge in [-0.1, -0.05) is 45.0 Å². The number of benzene rings is 1. The normalized spacial score (nSPS) is 17.4. The summed E-state index contributed by atoms with van der Waals surface area (Å²) in [5, 5.41) is 3.61. The van der Waals surface area contributed by atoms with Gasteiger partial charge in [0.25, 0.3) is 0 Å². The lowest BCUT2D eigenvalue weighted by Crippen LogP contribution is -2.24. The fourth-order valence-electron chi connectivity index (χ4n) is 2.16. The van der Waals surface area contributed by atoms with Crippen LogP contribution in [0.1, 0.15) is 50.7 Å². The molecule has 17 heavy (non-hydrogen) atoms. The lowest BCUT2D eigenvalue weighted by Gasteiger charge is -2.17. The minimum Gasteiger partial charge on any atom is -0.312 e. The van der Waals surface area contributed by atoms with Crippen molar-refractivity contribution in [3.05, 3.63) is 35.4 Å². The molecule has 0 heterocycles. The second-order valence-corrected chi connectivity index (χ2v) is 5.83. The predicted octanol–water partition coefficient (Wildman–Crippen LogP) is 3.95. The Morgan fingerprint density at radius 1 is 1.18 bits per heavy atom. The molecule has 1 atom stereocenters. The van der Waals surface area contributed by atoms with Crippen LogP contribution in [0.25, 0.3) is 0 Å². The van der Waals surface area contributed by atoms with Gasteiger partial charge in [-0.15, -0.1) is 0 Å². The zero-order valence-corrected chi connectivity index (χ0v) is 11.4. The van der Waals surface area contributed by atoms with Gasteiger partial charge in [0.05, 0.1) is 0 Å². The van der Waals surface area contributed by atoms with Gasteiger partial charge in [0.15, 0.2) is 0 Å². The van der Waals surface area contributed by atoms with Gasteiger partial charge < -0.3 is 5.32 Å². The van der Waals surface area contributed by atoms with Crippen molar-refractivity contribution in [2.45, 2.75) is 46.1 Å². The molecule has 0 aromatic heterocycles. The van der Waals surface area contributed by atoms with Gasteiger partial charge >= 0.3 is 0 Å². The molecule has 1 aromatic rings. The van der Waals surface area contributed by atoms with Crippen LogP contribution in [-0.4, -0.2) is 6.54 Å². The van der Waals surface area contributed by atoms with Crippen LogP contribution in [-0.2, 0) is 6.54 Å². The Kier molecular flexibility index (Phi) is 4.22. The topological polar surface area (TPSA) is 12.0 Å². The van der Waals surface area contributed by atoms with Crippen molar-refractivity contribution in [2.75, 3.05) is 6.54 Å². The maximum absolute atomic E-state index is 3.61. The van der Waals surface area contributed by atoms with Gasteiger partial charge in [0, 0.05) is 6.54 Å². The number of hydrogen-bond donors (Lipinski definition) is 1. The molecule has 0 aliphatic heterocycles. The fourth-order valence-corrected chi connectivity index (χ4v) is 2.16. The minimum absolute atomic E-state index is 0.753. The molecule has 1 aromatic carbocycles. The van der Waals surface area contributed by atoms with E-state index in [1.54, 1.807) is 5.56 Å². The van der Waals surface area contributed by atoms with Crippen molar-refractivity contribution >= 4 is 0 Å². The number of hydrogen-bond acceptors (Lipinski definition) is 1. The third-order valence-electron chi connectivity index (χ3n) is 3.99. The molecule has 1 saturated carbocycles. The zero-order valence-electron chi connectivity index (χ0n) is 11.4. The molecule has 1 aliphatic rings. The first-order valence-electron chi connectivity index (χ1n) is 6.97. The van der Waals surface area contributed by atoms with Crippen LogP contribution >= 0.6 is 0 Å². The van der Waals surface area contributed by atoms with Crippen LogP contribution in [0.5, 0.6) is 0 Å². The summed E-state index contributed by atoms with van der Waals surface area (Å²) < 4.78 is 0. The van der Waals surface area contributed by atoms with E-state index in [1.807, 2.05) is 0 Å². The highest BCUT2D eigenvalue weighted by atomic mass is 14.9. The molecule has 0 saturated heterocycles. The quantitative estimate of drug-likeness (QED) is 0.782. The summed E-state index contributed by atoms with van der Waals surface area (Å²) in [6.45, 7) is 9.07.